The lowest BCUT2D eigenvalue weighted by molar-refractivity contribution is -0.137. The Hall–Kier alpha value is -1.29. The molecule has 0 radical (unpaired) electrons. The van der Waals surface area contributed by atoms with E-state index in [9.17, 15) is 4.79 Å². The molecule has 0 aromatic carbocycles. The highest BCUT2D eigenvalue weighted by Crippen LogP contribution is 1.98. The summed E-state index contributed by atoms with van der Waals surface area (Å²) in [6.07, 6.45) is 10.3. The summed E-state index contributed by atoms with van der Waals surface area (Å²) in [5.74, 6) is -0.693. The van der Waals surface area contributed by atoms with Gasteiger partial charge in [-0.15, -0.1) is 0 Å². The topological polar surface area (TPSA) is 43.8 Å². The molecule has 0 fully saturated rings. The van der Waals surface area contributed by atoms with Gasteiger partial charge in [0, 0.05) is 26.7 Å². The number of carboxylic acid groups (broad SMARTS) is 1. The van der Waals surface area contributed by atoms with Gasteiger partial charge in [-0.3, -0.25) is 4.79 Å². The third-order valence-electron chi connectivity index (χ3n) is 2.06. The van der Waals surface area contributed by atoms with Crippen molar-refractivity contribution in [2.75, 3.05) is 20.6 Å². The summed E-state index contributed by atoms with van der Waals surface area (Å²) in [6.45, 7) is 2.96. The van der Waals surface area contributed by atoms with Gasteiger partial charge >= 0.3 is 5.97 Å². The average Bonchev–Trinajstić information content (AvgIpc) is 2.28. The third kappa shape index (κ3) is 8.05. The maximum absolute atomic E-state index is 9.76. The number of unbranched alkanes of at least 4 members (excludes halogenated alkanes) is 1. The zero-order valence-electron chi connectivity index (χ0n) is 10.4. The minimum Gasteiger partial charge on any atom is -0.481 e. The molecule has 0 bridgehead atoms. The van der Waals surface area contributed by atoms with E-state index in [0.717, 1.165) is 19.4 Å². The standard InChI is InChI=1S/C7H12N2.C5H10O2/c1-8(2)9-6-4-3-5-7-9;1-2-3-4-5(6)7/h3-6H,7H2,1-2H3;2-4H2,1H3,(H,6,7). The Bertz CT molecular complexity index is 247. The maximum atomic E-state index is 9.76. The van der Waals surface area contributed by atoms with Crippen LogP contribution in [0, 0.1) is 0 Å². The van der Waals surface area contributed by atoms with E-state index in [2.05, 4.69) is 28.4 Å². The van der Waals surface area contributed by atoms with Gasteiger partial charge in [0.25, 0.3) is 0 Å². The van der Waals surface area contributed by atoms with Crippen molar-refractivity contribution in [1.29, 1.82) is 0 Å². The number of rotatable bonds is 4. The average molecular weight is 226 g/mol. The summed E-state index contributed by atoms with van der Waals surface area (Å²) >= 11 is 0. The fraction of sp³-hybridized carbons (Fsp3) is 0.583. The Labute approximate surface area is 97.8 Å². The summed E-state index contributed by atoms with van der Waals surface area (Å²) in [6, 6.07) is 0. The van der Waals surface area contributed by atoms with E-state index >= 15 is 0 Å². The molecular weight excluding hydrogens is 204 g/mol. The van der Waals surface area contributed by atoms with Crippen molar-refractivity contribution in [1.82, 2.24) is 10.0 Å². The van der Waals surface area contributed by atoms with E-state index in [0.29, 0.717) is 6.42 Å². The SMILES string of the molecule is CCCCC(=O)O.CN(C)N1C=CC=CC1. The summed E-state index contributed by atoms with van der Waals surface area (Å²) < 4.78 is 0. The molecule has 0 atom stereocenters. The van der Waals surface area contributed by atoms with Crippen molar-refractivity contribution in [2.45, 2.75) is 26.2 Å². The van der Waals surface area contributed by atoms with E-state index in [1.807, 2.05) is 27.1 Å². The fourth-order valence-electron chi connectivity index (χ4n) is 1.08. The van der Waals surface area contributed by atoms with Crippen LogP contribution in [-0.2, 0) is 4.79 Å². The number of allylic oxidation sites excluding steroid dienone is 2. The molecule has 0 aromatic heterocycles. The lowest BCUT2D eigenvalue weighted by Crippen LogP contribution is -2.32. The summed E-state index contributed by atoms with van der Waals surface area (Å²) in [5, 5.41) is 12.2. The Kier molecular flexibility index (Phi) is 8.25. The zero-order valence-corrected chi connectivity index (χ0v) is 10.4. The van der Waals surface area contributed by atoms with Crippen molar-refractivity contribution >= 4 is 5.97 Å². The van der Waals surface area contributed by atoms with E-state index in [-0.39, 0.29) is 0 Å². The highest BCUT2D eigenvalue weighted by atomic mass is 16.4. The minimum absolute atomic E-state index is 0.316. The van der Waals surface area contributed by atoms with Gasteiger partial charge in [0.1, 0.15) is 0 Å². The molecule has 1 N–H and O–H groups in total. The molecule has 0 saturated heterocycles. The summed E-state index contributed by atoms with van der Waals surface area (Å²) in [5.41, 5.74) is 0. The molecule has 0 unspecified atom stereocenters. The second kappa shape index (κ2) is 8.97. The van der Waals surface area contributed by atoms with Crippen molar-refractivity contribution in [3.63, 3.8) is 0 Å². The predicted octanol–water partition coefficient (Wildman–Crippen LogP) is 2.11. The second-order valence-electron chi connectivity index (χ2n) is 3.74. The number of nitrogens with zero attached hydrogens (tertiary/aromatic N) is 2. The van der Waals surface area contributed by atoms with E-state index in [1.165, 1.54) is 0 Å². The van der Waals surface area contributed by atoms with Crippen LogP contribution in [0.4, 0.5) is 0 Å². The quantitative estimate of drug-likeness (QED) is 0.797. The normalized spacial score (nSPS) is 13.6. The van der Waals surface area contributed by atoms with Crippen LogP contribution >= 0.6 is 0 Å². The lowest BCUT2D eigenvalue weighted by atomic mass is 10.3. The number of hydrogen-bond donors (Lipinski definition) is 1. The molecule has 16 heavy (non-hydrogen) atoms. The van der Waals surface area contributed by atoms with Crippen LogP contribution in [0.5, 0.6) is 0 Å². The molecule has 4 heteroatoms. The molecule has 1 rings (SSSR count). The monoisotopic (exact) mass is 226 g/mol. The molecule has 0 aliphatic carbocycles. The molecule has 0 spiro atoms. The number of hydrogen-bond acceptors (Lipinski definition) is 3. The van der Waals surface area contributed by atoms with Crippen LogP contribution in [0.15, 0.2) is 24.4 Å². The highest BCUT2D eigenvalue weighted by Gasteiger charge is 1.98. The van der Waals surface area contributed by atoms with Crippen molar-refractivity contribution in [2.24, 2.45) is 0 Å². The number of aliphatic carboxylic acids is 1. The Morgan fingerprint density at radius 2 is 2.12 bits per heavy atom. The van der Waals surface area contributed by atoms with Gasteiger partial charge in [0.05, 0.1) is 6.54 Å². The Morgan fingerprint density at radius 1 is 1.44 bits per heavy atom. The molecule has 92 valence electrons. The van der Waals surface area contributed by atoms with Crippen molar-refractivity contribution < 1.29 is 9.90 Å². The Morgan fingerprint density at radius 3 is 2.38 bits per heavy atom. The van der Waals surface area contributed by atoms with Crippen LogP contribution in [-0.4, -0.2) is 41.7 Å². The zero-order chi connectivity index (χ0) is 12.4. The molecule has 0 saturated carbocycles. The van der Waals surface area contributed by atoms with Gasteiger partial charge in [0.15, 0.2) is 0 Å². The van der Waals surface area contributed by atoms with Gasteiger partial charge in [-0.2, -0.15) is 0 Å². The van der Waals surface area contributed by atoms with Crippen LogP contribution in [0.25, 0.3) is 0 Å². The first-order valence-corrected chi connectivity index (χ1v) is 5.57. The first-order valence-electron chi connectivity index (χ1n) is 5.57. The Balaban J connectivity index is 0.000000293. The van der Waals surface area contributed by atoms with Gasteiger partial charge in [-0.05, 0) is 12.5 Å². The van der Waals surface area contributed by atoms with E-state index in [1.54, 1.807) is 0 Å². The molecule has 1 aliphatic heterocycles. The minimum atomic E-state index is -0.693. The number of carboxylic acids is 1. The maximum Gasteiger partial charge on any atom is 0.303 e. The first kappa shape index (κ1) is 14.7. The van der Waals surface area contributed by atoms with Gasteiger partial charge in [-0.1, -0.05) is 25.5 Å². The number of carbonyl (C=O) groups is 1. The molecule has 1 heterocycles. The summed E-state index contributed by atoms with van der Waals surface area (Å²) in [4.78, 5) is 9.76. The van der Waals surface area contributed by atoms with E-state index < -0.39 is 5.97 Å². The van der Waals surface area contributed by atoms with Crippen molar-refractivity contribution in [3.05, 3.63) is 24.4 Å². The van der Waals surface area contributed by atoms with Crippen molar-refractivity contribution in [3.8, 4) is 0 Å². The first-order chi connectivity index (χ1) is 7.57. The second-order valence-corrected chi connectivity index (χ2v) is 3.74. The van der Waals surface area contributed by atoms with Gasteiger partial charge < -0.3 is 10.1 Å². The molecule has 1 aliphatic rings. The lowest BCUT2D eigenvalue weighted by Gasteiger charge is -2.27. The molecule has 0 amide bonds. The number of hydrazine groups is 1. The van der Waals surface area contributed by atoms with Crippen LogP contribution in [0.3, 0.4) is 0 Å². The molecular formula is C12H22N2O2. The summed E-state index contributed by atoms with van der Waals surface area (Å²) in [7, 11) is 4.06. The van der Waals surface area contributed by atoms with Crippen LogP contribution in [0.2, 0.25) is 0 Å². The molecule has 4 nitrogen and oxygen atoms in total. The largest absolute Gasteiger partial charge is 0.481 e. The van der Waals surface area contributed by atoms with Gasteiger partial charge in [0.2, 0.25) is 0 Å². The van der Waals surface area contributed by atoms with Crippen LogP contribution in [0.1, 0.15) is 26.2 Å². The van der Waals surface area contributed by atoms with E-state index in [4.69, 9.17) is 5.11 Å². The fourth-order valence-corrected chi connectivity index (χ4v) is 1.08. The highest BCUT2D eigenvalue weighted by molar-refractivity contribution is 5.66. The smallest absolute Gasteiger partial charge is 0.303 e. The molecule has 0 aromatic rings. The third-order valence-corrected chi connectivity index (χ3v) is 2.06. The van der Waals surface area contributed by atoms with Crippen LogP contribution < -0.4 is 0 Å². The predicted molar refractivity (Wildman–Crippen MR) is 65.8 cm³/mol. The van der Waals surface area contributed by atoms with Gasteiger partial charge in [-0.25, -0.2) is 5.01 Å².